The van der Waals surface area contributed by atoms with Gasteiger partial charge in [0, 0.05) is 50.9 Å². The van der Waals surface area contributed by atoms with Crippen molar-refractivity contribution in [1.29, 1.82) is 0 Å². The predicted molar refractivity (Wildman–Crippen MR) is 91.2 cm³/mol. The van der Waals surface area contributed by atoms with Gasteiger partial charge in [-0.25, -0.2) is 0 Å². The summed E-state index contributed by atoms with van der Waals surface area (Å²) >= 11 is 0. The largest absolute Gasteiger partial charge is 0.383 e. The van der Waals surface area contributed by atoms with Crippen molar-refractivity contribution in [3.05, 3.63) is 35.0 Å². The smallest absolute Gasteiger partial charge is 0.0589 e. The minimum absolute atomic E-state index is 0.808. The summed E-state index contributed by atoms with van der Waals surface area (Å²) < 4.78 is 7.49. The van der Waals surface area contributed by atoms with E-state index >= 15 is 0 Å². The number of fused-ring (bicyclic) bond motifs is 2. The maximum absolute atomic E-state index is 5.21. The first-order valence-electron chi connectivity index (χ1n) is 8.18. The molecule has 22 heavy (non-hydrogen) atoms. The molecule has 0 unspecified atom stereocenters. The Morgan fingerprint density at radius 2 is 2.00 bits per heavy atom. The molecule has 0 amide bonds. The van der Waals surface area contributed by atoms with Crippen molar-refractivity contribution < 1.29 is 4.74 Å². The SMILES string of the molecule is CNCCCc1cn(C)c2cc3c(cc12)CN(CCOC)C3. The lowest BCUT2D eigenvalue weighted by Gasteiger charge is -2.13. The third kappa shape index (κ3) is 3.05. The number of methoxy groups -OCH3 is 1. The van der Waals surface area contributed by atoms with Crippen molar-refractivity contribution in [2.45, 2.75) is 25.9 Å². The van der Waals surface area contributed by atoms with Gasteiger partial charge < -0.3 is 14.6 Å². The van der Waals surface area contributed by atoms with Crippen LogP contribution in [0.25, 0.3) is 10.9 Å². The molecule has 0 atom stereocenters. The van der Waals surface area contributed by atoms with Crippen LogP contribution in [0.15, 0.2) is 18.3 Å². The van der Waals surface area contributed by atoms with Crippen LogP contribution in [-0.2, 0) is 31.3 Å². The Morgan fingerprint density at radius 3 is 2.73 bits per heavy atom. The van der Waals surface area contributed by atoms with Crippen molar-refractivity contribution in [3.63, 3.8) is 0 Å². The number of ether oxygens (including phenoxy) is 1. The number of benzene rings is 1. The summed E-state index contributed by atoms with van der Waals surface area (Å²) in [7, 11) is 5.95. The highest BCUT2D eigenvalue weighted by molar-refractivity contribution is 5.85. The van der Waals surface area contributed by atoms with E-state index in [-0.39, 0.29) is 0 Å². The molecule has 0 saturated carbocycles. The molecule has 1 aromatic heterocycles. The van der Waals surface area contributed by atoms with Gasteiger partial charge in [-0.05, 0) is 55.3 Å². The van der Waals surface area contributed by atoms with Gasteiger partial charge in [0.2, 0.25) is 0 Å². The predicted octanol–water partition coefficient (Wildman–Crippen LogP) is 2.29. The number of aryl methyl sites for hydroxylation is 2. The molecule has 0 aliphatic carbocycles. The third-order valence-corrected chi connectivity index (χ3v) is 4.67. The van der Waals surface area contributed by atoms with Crippen LogP contribution in [0.1, 0.15) is 23.1 Å². The molecule has 1 N–H and O–H groups in total. The molecule has 1 aromatic carbocycles. The summed E-state index contributed by atoms with van der Waals surface area (Å²) in [6.45, 7) is 5.00. The molecule has 3 rings (SSSR count). The lowest BCUT2D eigenvalue weighted by molar-refractivity contribution is 0.147. The van der Waals surface area contributed by atoms with Crippen LogP contribution in [0.2, 0.25) is 0 Å². The second-order valence-corrected chi connectivity index (χ2v) is 6.31. The Labute approximate surface area is 133 Å². The third-order valence-electron chi connectivity index (χ3n) is 4.67. The van der Waals surface area contributed by atoms with Crippen molar-refractivity contribution >= 4 is 10.9 Å². The highest BCUT2D eigenvalue weighted by Gasteiger charge is 2.20. The molecular formula is C18H27N3O. The van der Waals surface area contributed by atoms with Gasteiger partial charge in [-0.3, -0.25) is 4.90 Å². The average Bonchev–Trinajstić information content (AvgIpc) is 3.04. The molecule has 2 aromatic rings. The maximum Gasteiger partial charge on any atom is 0.0589 e. The molecule has 120 valence electrons. The Hall–Kier alpha value is -1.36. The van der Waals surface area contributed by atoms with Gasteiger partial charge >= 0.3 is 0 Å². The van der Waals surface area contributed by atoms with Crippen LogP contribution in [-0.4, -0.2) is 43.3 Å². The summed E-state index contributed by atoms with van der Waals surface area (Å²) in [5, 5.41) is 4.67. The van der Waals surface area contributed by atoms with E-state index in [1.165, 1.54) is 34.0 Å². The standard InChI is InChI=1S/C18H27N3O/c1-19-6-4-5-14-11-20(2)18-10-16-13-21(7-8-22-3)12-15(16)9-17(14)18/h9-11,19H,4-8,12-13H2,1-3H3. The minimum Gasteiger partial charge on any atom is -0.383 e. The second-order valence-electron chi connectivity index (χ2n) is 6.31. The Balaban J connectivity index is 1.84. The summed E-state index contributed by atoms with van der Waals surface area (Å²) in [5.41, 5.74) is 5.81. The average molecular weight is 301 g/mol. The number of hydrogen-bond acceptors (Lipinski definition) is 3. The number of hydrogen-bond donors (Lipinski definition) is 1. The highest BCUT2D eigenvalue weighted by Crippen LogP contribution is 2.30. The highest BCUT2D eigenvalue weighted by atomic mass is 16.5. The molecule has 0 saturated heterocycles. The first-order chi connectivity index (χ1) is 10.7. The fourth-order valence-electron chi connectivity index (χ4n) is 3.46. The lowest BCUT2D eigenvalue weighted by atomic mass is 10.0. The summed E-state index contributed by atoms with van der Waals surface area (Å²) in [6, 6.07) is 4.81. The maximum atomic E-state index is 5.21. The van der Waals surface area contributed by atoms with Crippen molar-refractivity contribution in [2.75, 3.05) is 33.9 Å². The molecule has 0 fully saturated rings. The van der Waals surface area contributed by atoms with Crippen molar-refractivity contribution in [1.82, 2.24) is 14.8 Å². The molecule has 4 heteroatoms. The fraction of sp³-hybridized carbons (Fsp3) is 0.556. The van der Waals surface area contributed by atoms with E-state index in [1.807, 2.05) is 7.05 Å². The first-order valence-corrected chi connectivity index (χ1v) is 8.18. The number of rotatable bonds is 7. The quantitative estimate of drug-likeness (QED) is 0.796. The molecule has 0 spiro atoms. The molecule has 4 nitrogen and oxygen atoms in total. The molecule has 0 radical (unpaired) electrons. The van der Waals surface area contributed by atoms with Crippen LogP contribution < -0.4 is 5.32 Å². The summed E-state index contributed by atoms with van der Waals surface area (Å²) in [6.07, 6.45) is 4.63. The van der Waals surface area contributed by atoms with Gasteiger partial charge in [0.25, 0.3) is 0 Å². The van der Waals surface area contributed by atoms with Crippen LogP contribution in [0.3, 0.4) is 0 Å². The summed E-state index contributed by atoms with van der Waals surface area (Å²) in [4.78, 5) is 2.47. The van der Waals surface area contributed by atoms with Crippen LogP contribution in [0.4, 0.5) is 0 Å². The monoisotopic (exact) mass is 301 g/mol. The van der Waals surface area contributed by atoms with Gasteiger partial charge in [-0.15, -0.1) is 0 Å². The number of aromatic nitrogens is 1. The van der Waals surface area contributed by atoms with E-state index in [9.17, 15) is 0 Å². The van der Waals surface area contributed by atoms with Gasteiger partial charge in [0.1, 0.15) is 0 Å². The number of nitrogens with one attached hydrogen (secondary N) is 1. The van der Waals surface area contributed by atoms with Gasteiger partial charge in [0.15, 0.2) is 0 Å². The second kappa shape index (κ2) is 6.82. The molecule has 1 aliphatic heterocycles. The van der Waals surface area contributed by atoms with Crippen molar-refractivity contribution in [2.24, 2.45) is 7.05 Å². The lowest BCUT2D eigenvalue weighted by Crippen LogP contribution is -2.21. The van der Waals surface area contributed by atoms with Crippen molar-refractivity contribution in [3.8, 4) is 0 Å². The molecular weight excluding hydrogens is 274 g/mol. The molecule has 1 aliphatic rings. The topological polar surface area (TPSA) is 29.4 Å². The zero-order valence-corrected chi connectivity index (χ0v) is 14.0. The summed E-state index contributed by atoms with van der Waals surface area (Å²) in [5.74, 6) is 0. The van der Waals surface area contributed by atoms with Gasteiger partial charge in [-0.1, -0.05) is 0 Å². The molecule has 2 heterocycles. The minimum atomic E-state index is 0.808. The zero-order valence-electron chi connectivity index (χ0n) is 14.0. The van der Waals surface area contributed by atoms with Gasteiger partial charge in [0.05, 0.1) is 6.61 Å². The number of nitrogens with zero attached hydrogens (tertiary/aromatic N) is 2. The van der Waals surface area contributed by atoms with E-state index in [4.69, 9.17) is 4.74 Å². The van der Waals surface area contributed by atoms with Crippen LogP contribution in [0, 0.1) is 0 Å². The Bertz CT molecular complexity index is 647. The van der Waals surface area contributed by atoms with E-state index in [1.54, 1.807) is 7.11 Å². The zero-order chi connectivity index (χ0) is 15.5. The molecule has 0 bridgehead atoms. The fourth-order valence-corrected chi connectivity index (χ4v) is 3.46. The van der Waals surface area contributed by atoms with Crippen LogP contribution >= 0.6 is 0 Å². The van der Waals surface area contributed by atoms with Gasteiger partial charge in [-0.2, -0.15) is 0 Å². The normalized spacial score (nSPS) is 14.9. The van der Waals surface area contributed by atoms with Crippen LogP contribution in [0.5, 0.6) is 0 Å². The van der Waals surface area contributed by atoms with E-state index in [0.29, 0.717) is 0 Å². The van der Waals surface area contributed by atoms with E-state index in [2.05, 4.69) is 40.2 Å². The van der Waals surface area contributed by atoms with E-state index in [0.717, 1.165) is 39.2 Å². The first kappa shape index (κ1) is 15.5. The Morgan fingerprint density at radius 1 is 1.23 bits per heavy atom. The Kier molecular flexibility index (Phi) is 4.81. The van der Waals surface area contributed by atoms with E-state index < -0.39 is 0 Å².